The maximum atomic E-state index is 8.66. The third-order valence-electron chi connectivity index (χ3n) is 1.53. The number of hydrogen-bond acceptors (Lipinski definition) is 2. The van der Waals surface area contributed by atoms with Gasteiger partial charge in [-0.3, -0.25) is 0 Å². The summed E-state index contributed by atoms with van der Waals surface area (Å²) in [6.07, 6.45) is 3.48. The van der Waals surface area contributed by atoms with Crippen LogP contribution >= 0.6 is 0 Å². The number of hydrogen-bond donors (Lipinski definition) is 1. The average Bonchev–Trinajstić information content (AvgIpc) is 2.18. The molecule has 2 nitrogen and oxygen atoms in total. The van der Waals surface area contributed by atoms with Crippen molar-refractivity contribution < 1.29 is 9.84 Å². The highest BCUT2D eigenvalue weighted by Gasteiger charge is 2.00. The Hall–Kier alpha value is -0.0800. The lowest BCUT2D eigenvalue weighted by atomic mass is 10.0. The minimum Gasteiger partial charge on any atom is -0.396 e. The van der Waals surface area contributed by atoms with Gasteiger partial charge >= 0.3 is 0 Å². The van der Waals surface area contributed by atoms with Gasteiger partial charge < -0.3 is 9.84 Å². The number of rotatable bonds is 4. The lowest BCUT2D eigenvalue weighted by molar-refractivity contribution is 0.214. The Morgan fingerprint density at radius 1 is 1.15 bits per heavy atom. The van der Waals surface area contributed by atoms with E-state index < -0.39 is 0 Å². The molecule has 0 radical (unpaired) electrons. The van der Waals surface area contributed by atoms with Crippen LogP contribution in [0.4, 0.5) is 0 Å². The predicted molar refractivity (Wildman–Crippen MR) is 60.1 cm³/mol. The van der Waals surface area contributed by atoms with Gasteiger partial charge in [0.05, 0.1) is 0 Å². The van der Waals surface area contributed by atoms with E-state index in [2.05, 4.69) is 18.6 Å². The molecule has 1 unspecified atom stereocenters. The van der Waals surface area contributed by atoms with Crippen LogP contribution in [0.5, 0.6) is 0 Å². The first kappa shape index (κ1) is 18.7. The molecular formula is C11H28O2. The van der Waals surface area contributed by atoms with Crippen LogP contribution in [0.3, 0.4) is 0 Å². The summed E-state index contributed by atoms with van der Waals surface area (Å²) in [7, 11) is 3.25. The maximum Gasteiger partial charge on any atom is 0.0459 e. The van der Waals surface area contributed by atoms with Crippen molar-refractivity contribution in [1.29, 1.82) is 0 Å². The molecule has 0 aliphatic rings. The molecule has 1 atom stereocenters. The molecule has 0 aromatic rings. The van der Waals surface area contributed by atoms with Crippen molar-refractivity contribution in [3.63, 3.8) is 0 Å². The van der Waals surface area contributed by atoms with Crippen LogP contribution in [0.2, 0.25) is 0 Å². The Bertz CT molecular complexity index is 52.1. The zero-order valence-electron chi connectivity index (χ0n) is 10.3. The number of ether oxygens (including phenoxy) is 1. The summed E-state index contributed by atoms with van der Waals surface area (Å²) in [4.78, 5) is 0. The standard InChI is InChI=1S/C7H16O.C2H6O.C2H6/c1-3-5-7(4-2)6-8;1-3-2;1-2/h7-8H,3-6H2,1-2H3;1-2H3;1-2H3. The van der Waals surface area contributed by atoms with E-state index in [1.165, 1.54) is 12.8 Å². The highest BCUT2D eigenvalue weighted by atomic mass is 16.4. The first-order chi connectivity index (χ1) is 6.26. The van der Waals surface area contributed by atoms with Crippen LogP contribution in [0, 0.1) is 5.92 Å². The summed E-state index contributed by atoms with van der Waals surface area (Å²) in [5.74, 6) is 0.556. The van der Waals surface area contributed by atoms with E-state index in [1.54, 1.807) is 14.2 Å². The molecule has 0 aromatic heterocycles. The van der Waals surface area contributed by atoms with Crippen molar-refractivity contribution >= 4 is 0 Å². The molecule has 0 saturated carbocycles. The smallest absolute Gasteiger partial charge is 0.0459 e. The quantitative estimate of drug-likeness (QED) is 0.741. The largest absolute Gasteiger partial charge is 0.396 e. The minimum absolute atomic E-state index is 0.365. The Balaban J connectivity index is -0.000000169. The second kappa shape index (κ2) is 22.7. The van der Waals surface area contributed by atoms with Gasteiger partial charge in [0.25, 0.3) is 0 Å². The fourth-order valence-corrected chi connectivity index (χ4v) is 0.833. The predicted octanol–water partition coefficient (Wildman–Crippen LogP) is 3.09. The van der Waals surface area contributed by atoms with Crippen molar-refractivity contribution in [3.8, 4) is 0 Å². The fraction of sp³-hybridized carbons (Fsp3) is 1.00. The highest BCUT2D eigenvalue weighted by molar-refractivity contribution is 4.51. The van der Waals surface area contributed by atoms with Crippen molar-refractivity contribution in [3.05, 3.63) is 0 Å². The van der Waals surface area contributed by atoms with Crippen LogP contribution in [-0.2, 0) is 4.74 Å². The monoisotopic (exact) mass is 192 g/mol. The molecule has 0 heterocycles. The van der Waals surface area contributed by atoms with Gasteiger partial charge in [-0.05, 0) is 12.3 Å². The van der Waals surface area contributed by atoms with Gasteiger partial charge in [0.15, 0.2) is 0 Å². The van der Waals surface area contributed by atoms with Crippen molar-refractivity contribution in [1.82, 2.24) is 0 Å². The van der Waals surface area contributed by atoms with Crippen molar-refractivity contribution in [2.75, 3.05) is 20.8 Å². The van der Waals surface area contributed by atoms with Gasteiger partial charge in [-0.1, -0.05) is 40.5 Å². The van der Waals surface area contributed by atoms with Crippen LogP contribution in [-0.4, -0.2) is 25.9 Å². The van der Waals surface area contributed by atoms with E-state index in [1.807, 2.05) is 13.8 Å². The SMILES string of the molecule is CC.CCCC(CC)CO.COC. The summed E-state index contributed by atoms with van der Waals surface area (Å²) in [6, 6.07) is 0. The zero-order valence-corrected chi connectivity index (χ0v) is 10.3. The second-order valence-electron chi connectivity index (χ2n) is 2.65. The molecule has 0 aliphatic carbocycles. The number of aliphatic hydroxyl groups is 1. The van der Waals surface area contributed by atoms with Gasteiger partial charge in [0.1, 0.15) is 0 Å². The third-order valence-corrected chi connectivity index (χ3v) is 1.53. The Kier molecular flexibility index (Phi) is 32.5. The van der Waals surface area contributed by atoms with Crippen LogP contribution < -0.4 is 0 Å². The molecule has 1 N–H and O–H groups in total. The molecule has 0 aliphatic heterocycles. The fourth-order valence-electron chi connectivity index (χ4n) is 0.833. The van der Waals surface area contributed by atoms with E-state index in [-0.39, 0.29) is 0 Å². The third kappa shape index (κ3) is 24.5. The van der Waals surface area contributed by atoms with Crippen molar-refractivity contribution in [2.45, 2.75) is 47.0 Å². The summed E-state index contributed by atoms with van der Waals surface area (Å²) in [5, 5.41) is 8.66. The summed E-state index contributed by atoms with van der Waals surface area (Å²) in [6.45, 7) is 8.64. The van der Waals surface area contributed by atoms with Crippen molar-refractivity contribution in [2.24, 2.45) is 5.92 Å². The molecule has 0 aromatic carbocycles. The van der Waals surface area contributed by atoms with Gasteiger partial charge in [0, 0.05) is 20.8 Å². The van der Waals surface area contributed by atoms with E-state index in [0.29, 0.717) is 12.5 Å². The topological polar surface area (TPSA) is 29.5 Å². The van der Waals surface area contributed by atoms with Crippen LogP contribution in [0.15, 0.2) is 0 Å². The lowest BCUT2D eigenvalue weighted by Gasteiger charge is -2.07. The molecule has 0 saturated heterocycles. The normalized spacial score (nSPS) is 10.4. The second-order valence-corrected chi connectivity index (χ2v) is 2.65. The van der Waals surface area contributed by atoms with E-state index in [9.17, 15) is 0 Å². The van der Waals surface area contributed by atoms with Gasteiger partial charge in [0.2, 0.25) is 0 Å². The number of methoxy groups -OCH3 is 1. The first-order valence-corrected chi connectivity index (χ1v) is 5.27. The molecule has 0 spiro atoms. The zero-order chi connectivity index (χ0) is 11.1. The molecule has 2 heteroatoms. The van der Waals surface area contributed by atoms with Crippen LogP contribution in [0.1, 0.15) is 47.0 Å². The van der Waals surface area contributed by atoms with Gasteiger partial charge in [-0.25, -0.2) is 0 Å². The highest BCUT2D eigenvalue weighted by Crippen LogP contribution is 2.08. The molecule has 0 bridgehead atoms. The Morgan fingerprint density at radius 3 is 1.62 bits per heavy atom. The maximum absolute atomic E-state index is 8.66. The summed E-state index contributed by atoms with van der Waals surface area (Å²) >= 11 is 0. The Labute approximate surface area is 84.3 Å². The number of aliphatic hydroxyl groups excluding tert-OH is 1. The minimum atomic E-state index is 0.365. The van der Waals surface area contributed by atoms with E-state index in [0.717, 1.165) is 6.42 Å². The average molecular weight is 192 g/mol. The van der Waals surface area contributed by atoms with Gasteiger partial charge in [-0.2, -0.15) is 0 Å². The molecular weight excluding hydrogens is 164 g/mol. The molecule has 0 fully saturated rings. The lowest BCUT2D eigenvalue weighted by Crippen LogP contribution is -2.02. The van der Waals surface area contributed by atoms with E-state index >= 15 is 0 Å². The van der Waals surface area contributed by atoms with E-state index in [4.69, 9.17) is 5.11 Å². The summed E-state index contributed by atoms with van der Waals surface area (Å²) in [5.41, 5.74) is 0. The Morgan fingerprint density at radius 2 is 1.54 bits per heavy atom. The summed E-state index contributed by atoms with van der Waals surface area (Å²) < 4.78 is 4.25. The molecule has 0 rings (SSSR count). The van der Waals surface area contributed by atoms with Crippen LogP contribution in [0.25, 0.3) is 0 Å². The van der Waals surface area contributed by atoms with Gasteiger partial charge in [-0.15, -0.1) is 0 Å². The molecule has 84 valence electrons. The molecule has 13 heavy (non-hydrogen) atoms. The first-order valence-electron chi connectivity index (χ1n) is 5.27. The molecule has 0 amide bonds.